The predicted molar refractivity (Wildman–Crippen MR) is 75.4 cm³/mol. The van der Waals surface area contributed by atoms with Gasteiger partial charge in [0.25, 0.3) is 0 Å². The van der Waals surface area contributed by atoms with Crippen LogP contribution in [-0.2, 0) is 7.05 Å². The second-order valence-electron chi connectivity index (χ2n) is 7.64. The van der Waals surface area contributed by atoms with Crippen LogP contribution in [0.3, 0.4) is 0 Å². The first-order chi connectivity index (χ1) is 9.12. The Bertz CT molecular complexity index is 441. The fourth-order valence-electron chi connectivity index (χ4n) is 5.74. The summed E-state index contributed by atoms with van der Waals surface area (Å²) in [6.07, 6.45) is 12.0. The molecule has 4 bridgehead atoms. The maximum atomic E-state index is 6.45. The highest BCUT2D eigenvalue weighted by atomic mass is 15.3. The number of aryl methyl sites for hydroxylation is 1. The van der Waals surface area contributed by atoms with E-state index in [9.17, 15) is 0 Å². The van der Waals surface area contributed by atoms with Crippen LogP contribution < -0.4 is 5.73 Å². The van der Waals surface area contributed by atoms with E-state index in [4.69, 9.17) is 5.73 Å². The molecule has 3 nitrogen and oxygen atoms in total. The molecule has 1 aromatic rings. The van der Waals surface area contributed by atoms with Crippen LogP contribution in [-0.4, -0.2) is 9.78 Å². The summed E-state index contributed by atoms with van der Waals surface area (Å²) in [7, 11) is 1.97. The molecule has 0 radical (unpaired) electrons. The maximum Gasteiger partial charge on any atom is 0.0791 e. The van der Waals surface area contributed by atoms with E-state index in [1.54, 1.807) is 0 Å². The largest absolute Gasteiger partial charge is 0.323 e. The quantitative estimate of drug-likeness (QED) is 0.906. The van der Waals surface area contributed by atoms with E-state index >= 15 is 0 Å². The summed E-state index contributed by atoms with van der Waals surface area (Å²) in [5.41, 5.74) is 8.10. The fourth-order valence-corrected chi connectivity index (χ4v) is 5.74. The lowest BCUT2D eigenvalue weighted by Crippen LogP contribution is -2.47. The Hall–Kier alpha value is -0.830. The molecule has 3 heteroatoms. The van der Waals surface area contributed by atoms with Gasteiger partial charge in [-0.15, -0.1) is 0 Å². The van der Waals surface area contributed by atoms with Gasteiger partial charge in [-0.1, -0.05) is 0 Å². The second kappa shape index (κ2) is 4.08. The first kappa shape index (κ1) is 12.0. The van der Waals surface area contributed by atoms with Crippen molar-refractivity contribution in [3.05, 3.63) is 18.0 Å². The van der Waals surface area contributed by atoms with E-state index in [-0.39, 0.29) is 6.04 Å². The standard InChI is InChI=1S/C16H25N3/c1-19-3-2-15(18-19)14(17)10-16-7-11-4-12(8-16)6-13(5-11)9-16/h2-3,11-14H,4-10,17H2,1H3. The molecule has 0 amide bonds. The normalized spacial score (nSPS) is 41.7. The van der Waals surface area contributed by atoms with Gasteiger partial charge in [0.15, 0.2) is 0 Å². The van der Waals surface area contributed by atoms with E-state index in [1.165, 1.54) is 38.5 Å². The fraction of sp³-hybridized carbons (Fsp3) is 0.812. The lowest BCUT2D eigenvalue weighted by atomic mass is 9.48. The van der Waals surface area contributed by atoms with Crippen LogP contribution in [0.2, 0.25) is 0 Å². The van der Waals surface area contributed by atoms with Gasteiger partial charge in [0.1, 0.15) is 0 Å². The van der Waals surface area contributed by atoms with Gasteiger partial charge in [0.2, 0.25) is 0 Å². The van der Waals surface area contributed by atoms with Gasteiger partial charge in [-0.05, 0) is 74.2 Å². The number of nitrogens with two attached hydrogens (primary N) is 1. The minimum atomic E-state index is 0.137. The van der Waals surface area contributed by atoms with E-state index in [0.717, 1.165) is 29.9 Å². The second-order valence-corrected chi connectivity index (χ2v) is 7.64. The van der Waals surface area contributed by atoms with Crippen molar-refractivity contribution >= 4 is 0 Å². The van der Waals surface area contributed by atoms with Crippen molar-refractivity contribution in [3.63, 3.8) is 0 Å². The minimum absolute atomic E-state index is 0.137. The average Bonchev–Trinajstić information content (AvgIpc) is 2.73. The van der Waals surface area contributed by atoms with Gasteiger partial charge >= 0.3 is 0 Å². The third-order valence-corrected chi connectivity index (χ3v) is 5.93. The van der Waals surface area contributed by atoms with Gasteiger partial charge in [-0.25, -0.2) is 0 Å². The Morgan fingerprint density at radius 2 is 1.84 bits per heavy atom. The zero-order chi connectivity index (χ0) is 13.0. The highest BCUT2D eigenvalue weighted by Crippen LogP contribution is 2.62. The molecule has 19 heavy (non-hydrogen) atoms. The summed E-state index contributed by atoms with van der Waals surface area (Å²) < 4.78 is 1.87. The smallest absolute Gasteiger partial charge is 0.0791 e. The van der Waals surface area contributed by atoms with E-state index < -0.39 is 0 Å². The van der Waals surface area contributed by atoms with E-state index in [1.807, 2.05) is 17.9 Å². The molecule has 2 N–H and O–H groups in total. The van der Waals surface area contributed by atoms with Crippen molar-refractivity contribution in [1.29, 1.82) is 0 Å². The summed E-state index contributed by atoms with van der Waals surface area (Å²) in [4.78, 5) is 0. The van der Waals surface area contributed by atoms with Crippen LogP contribution in [0.4, 0.5) is 0 Å². The SMILES string of the molecule is Cn1ccc(C(N)CC23CC4CC(CC(C4)C2)C3)n1. The highest BCUT2D eigenvalue weighted by Gasteiger charge is 2.51. The molecule has 1 heterocycles. The van der Waals surface area contributed by atoms with Crippen molar-refractivity contribution in [1.82, 2.24) is 9.78 Å². The molecule has 4 saturated carbocycles. The van der Waals surface area contributed by atoms with Gasteiger partial charge in [-0.2, -0.15) is 5.10 Å². The van der Waals surface area contributed by atoms with Crippen LogP contribution in [0.1, 0.15) is 56.7 Å². The van der Waals surface area contributed by atoms with Crippen LogP contribution in [0, 0.1) is 23.2 Å². The Balaban J connectivity index is 1.53. The Morgan fingerprint density at radius 1 is 1.26 bits per heavy atom. The van der Waals surface area contributed by atoms with E-state index in [2.05, 4.69) is 11.2 Å². The van der Waals surface area contributed by atoms with Crippen molar-refractivity contribution in [2.24, 2.45) is 36.0 Å². The van der Waals surface area contributed by atoms with Crippen LogP contribution in [0.15, 0.2) is 12.3 Å². The molecule has 4 fully saturated rings. The first-order valence-electron chi connectivity index (χ1n) is 7.87. The van der Waals surface area contributed by atoms with Crippen molar-refractivity contribution in [2.75, 3.05) is 0 Å². The summed E-state index contributed by atoms with van der Waals surface area (Å²) >= 11 is 0. The molecule has 1 unspecified atom stereocenters. The van der Waals surface area contributed by atoms with Crippen molar-refractivity contribution in [2.45, 2.75) is 51.0 Å². The summed E-state index contributed by atoms with van der Waals surface area (Å²) in [5, 5.41) is 4.50. The number of rotatable bonds is 3. The summed E-state index contributed by atoms with van der Waals surface area (Å²) in [5.74, 6) is 3.05. The molecular formula is C16H25N3. The van der Waals surface area contributed by atoms with Crippen molar-refractivity contribution < 1.29 is 0 Å². The van der Waals surface area contributed by atoms with Gasteiger partial charge < -0.3 is 5.73 Å². The molecule has 1 atom stereocenters. The number of nitrogens with zero attached hydrogens (tertiary/aromatic N) is 2. The highest BCUT2D eigenvalue weighted by molar-refractivity contribution is 5.09. The molecule has 0 aliphatic heterocycles. The van der Waals surface area contributed by atoms with Gasteiger partial charge in [-0.3, -0.25) is 4.68 Å². The maximum absolute atomic E-state index is 6.45. The topological polar surface area (TPSA) is 43.8 Å². The van der Waals surface area contributed by atoms with Gasteiger partial charge in [0, 0.05) is 19.3 Å². The molecule has 4 aliphatic carbocycles. The molecule has 0 saturated heterocycles. The molecule has 104 valence electrons. The molecule has 1 aromatic heterocycles. The Kier molecular flexibility index (Phi) is 2.57. The molecule has 0 spiro atoms. The number of hydrogen-bond donors (Lipinski definition) is 1. The molecule has 5 rings (SSSR count). The van der Waals surface area contributed by atoms with Crippen LogP contribution in [0.25, 0.3) is 0 Å². The number of hydrogen-bond acceptors (Lipinski definition) is 2. The Labute approximate surface area is 115 Å². The Morgan fingerprint density at radius 3 is 2.32 bits per heavy atom. The summed E-state index contributed by atoms with van der Waals surface area (Å²) in [6.45, 7) is 0. The summed E-state index contributed by atoms with van der Waals surface area (Å²) in [6, 6.07) is 2.22. The molecule has 4 aliphatic rings. The third-order valence-electron chi connectivity index (χ3n) is 5.93. The van der Waals surface area contributed by atoms with Crippen LogP contribution in [0.5, 0.6) is 0 Å². The van der Waals surface area contributed by atoms with E-state index in [0.29, 0.717) is 5.41 Å². The third kappa shape index (κ3) is 2.03. The first-order valence-corrected chi connectivity index (χ1v) is 7.87. The molecular weight excluding hydrogens is 234 g/mol. The zero-order valence-corrected chi connectivity index (χ0v) is 11.9. The average molecular weight is 259 g/mol. The van der Waals surface area contributed by atoms with Crippen molar-refractivity contribution in [3.8, 4) is 0 Å². The minimum Gasteiger partial charge on any atom is -0.323 e. The predicted octanol–water partition coefficient (Wildman–Crippen LogP) is 3.03. The number of aromatic nitrogens is 2. The lowest BCUT2D eigenvalue weighted by Gasteiger charge is -2.57. The zero-order valence-electron chi connectivity index (χ0n) is 11.9. The monoisotopic (exact) mass is 259 g/mol. The lowest BCUT2D eigenvalue weighted by molar-refractivity contribution is -0.0607. The van der Waals surface area contributed by atoms with Crippen LogP contribution >= 0.6 is 0 Å². The molecule has 0 aromatic carbocycles. The van der Waals surface area contributed by atoms with Gasteiger partial charge in [0.05, 0.1) is 5.69 Å².